The number of aromatic nitrogens is 1. The lowest BCUT2D eigenvalue weighted by molar-refractivity contribution is -0.120. The maximum Gasteiger partial charge on any atom is 0.244 e. The second-order valence-corrected chi connectivity index (χ2v) is 8.82. The molecule has 156 valence electrons. The Balaban J connectivity index is 1.51. The number of carbonyl (C=O) groups is 1. The molecule has 1 aromatic heterocycles. The zero-order chi connectivity index (χ0) is 21.8. The summed E-state index contributed by atoms with van der Waals surface area (Å²) in [6.07, 6.45) is 3.93. The molecule has 4 aromatic rings. The van der Waals surface area contributed by atoms with Crippen LogP contribution in [0.2, 0.25) is 10.0 Å². The molecule has 4 rings (SSSR count). The van der Waals surface area contributed by atoms with Crippen molar-refractivity contribution in [2.45, 2.75) is 13.0 Å². The molecule has 0 atom stereocenters. The van der Waals surface area contributed by atoms with Crippen LogP contribution in [-0.2, 0) is 17.8 Å². The fourth-order valence-electron chi connectivity index (χ4n) is 3.34. The predicted molar refractivity (Wildman–Crippen MR) is 131 cm³/mol. The van der Waals surface area contributed by atoms with Gasteiger partial charge in [0.2, 0.25) is 5.91 Å². The number of carbonyl (C=O) groups excluding carboxylic acids is 1. The van der Waals surface area contributed by atoms with E-state index in [9.17, 15) is 4.79 Å². The van der Waals surface area contributed by atoms with E-state index in [1.54, 1.807) is 12.3 Å². The molecule has 0 aliphatic carbocycles. The first kappa shape index (κ1) is 21.6. The van der Waals surface area contributed by atoms with Crippen molar-refractivity contribution in [2.24, 2.45) is 5.10 Å². The van der Waals surface area contributed by atoms with Gasteiger partial charge in [-0.2, -0.15) is 5.10 Å². The lowest BCUT2D eigenvalue weighted by atomic mass is 10.1. The number of rotatable bonds is 6. The van der Waals surface area contributed by atoms with Crippen LogP contribution in [0.3, 0.4) is 0 Å². The average molecular weight is 515 g/mol. The van der Waals surface area contributed by atoms with Gasteiger partial charge in [-0.05, 0) is 41.5 Å². The highest BCUT2D eigenvalue weighted by atomic mass is 79.9. The number of nitrogens with one attached hydrogen (secondary N) is 1. The largest absolute Gasteiger partial charge is 0.342 e. The van der Waals surface area contributed by atoms with Crippen molar-refractivity contribution >= 4 is 62.2 Å². The molecule has 0 spiro atoms. The molecule has 1 amide bonds. The van der Waals surface area contributed by atoms with Crippen molar-refractivity contribution in [1.29, 1.82) is 0 Å². The van der Waals surface area contributed by atoms with E-state index in [-0.39, 0.29) is 12.3 Å². The molecule has 0 aliphatic rings. The number of halogens is 3. The van der Waals surface area contributed by atoms with Crippen LogP contribution >= 0.6 is 39.1 Å². The van der Waals surface area contributed by atoms with Gasteiger partial charge in [0.15, 0.2) is 0 Å². The van der Waals surface area contributed by atoms with Crippen molar-refractivity contribution in [3.05, 3.63) is 104 Å². The number of fused-ring (bicyclic) bond motifs is 1. The summed E-state index contributed by atoms with van der Waals surface area (Å²) in [5, 5.41) is 6.44. The number of benzene rings is 3. The zero-order valence-electron chi connectivity index (χ0n) is 16.4. The van der Waals surface area contributed by atoms with Crippen LogP contribution in [0.4, 0.5) is 0 Å². The molecule has 1 heterocycles. The molecular weight excluding hydrogens is 497 g/mol. The minimum atomic E-state index is -0.171. The van der Waals surface area contributed by atoms with Crippen LogP contribution in [0.1, 0.15) is 16.7 Å². The van der Waals surface area contributed by atoms with Crippen LogP contribution in [0, 0.1) is 0 Å². The van der Waals surface area contributed by atoms with Crippen molar-refractivity contribution < 1.29 is 4.79 Å². The minimum absolute atomic E-state index is 0.171. The van der Waals surface area contributed by atoms with Crippen molar-refractivity contribution in [1.82, 2.24) is 9.99 Å². The molecule has 0 unspecified atom stereocenters. The summed E-state index contributed by atoms with van der Waals surface area (Å²) in [4.78, 5) is 12.2. The maximum absolute atomic E-state index is 12.2. The SMILES string of the molecule is O=C(Cc1ccc(Br)cc1)N/N=C/c1cn(Cc2ccc(Cl)cc2Cl)c2ccccc12. The average Bonchev–Trinajstić information content (AvgIpc) is 3.09. The number of para-hydroxylation sites is 1. The van der Waals surface area contributed by atoms with E-state index in [0.29, 0.717) is 16.6 Å². The highest BCUT2D eigenvalue weighted by molar-refractivity contribution is 9.10. The third-order valence-electron chi connectivity index (χ3n) is 4.85. The summed E-state index contributed by atoms with van der Waals surface area (Å²) < 4.78 is 3.08. The maximum atomic E-state index is 12.2. The van der Waals surface area contributed by atoms with Gasteiger partial charge in [0.25, 0.3) is 0 Å². The summed E-state index contributed by atoms with van der Waals surface area (Å²) in [5.74, 6) is -0.171. The second kappa shape index (κ2) is 9.69. The summed E-state index contributed by atoms with van der Waals surface area (Å²) in [6.45, 7) is 0.598. The van der Waals surface area contributed by atoms with Gasteiger partial charge in [0.1, 0.15) is 0 Å². The molecule has 1 N–H and O–H groups in total. The summed E-state index contributed by atoms with van der Waals surface area (Å²) in [7, 11) is 0. The fourth-order valence-corrected chi connectivity index (χ4v) is 4.08. The Kier molecular flexibility index (Phi) is 6.76. The highest BCUT2D eigenvalue weighted by Gasteiger charge is 2.09. The van der Waals surface area contributed by atoms with Gasteiger partial charge < -0.3 is 4.57 Å². The summed E-state index contributed by atoms with van der Waals surface area (Å²) >= 11 is 15.8. The third kappa shape index (κ3) is 5.37. The van der Waals surface area contributed by atoms with E-state index in [4.69, 9.17) is 23.2 Å². The Bertz CT molecular complexity index is 1270. The smallest absolute Gasteiger partial charge is 0.244 e. The first-order valence-corrected chi connectivity index (χ1v) is 11.1. The lowest BCUT2D eigenvalue weighted by Crippen LogP contribution is -2.19. The Labute approximate surface area is 198 Å². The Morgan fingerprint density at radius 1 is 1.06 bits per heavy atom. The molecule has 0 saturated heterocycles. The van der Waals surface area contributed by atoms with Gasteiger partial charge in [-0.15, -0.1) is 0 Å². The molecule has 0 saturated carbocycles. The van der Waals surface area contributed by atoms with Gasteiger partial charge >= 0.3 is 0 Å². The topological polar surface area (TPSA) is 46.4 Å². The standard InChI is InChI=1S/C24H18BrCl2N3O/c25-19-8-5-16(6-9-19)11-24(31)29-28-13-18-15-30(23-4-2-1-3-21(18)23)14-17-7-10-20(26)12-22(17)27/h1-10,12-13,15H,11,14H2,(H,29,31)/b28-13+. The number of hydrazone groups is 1. The van der Waals surface area contributed by atoms with E-state index in [2.05, 4.69) is 31.0 Å². The van der Waals surface area contributed by atoms with E-state index in [0.717, 1.165) is 32.1 Å². The molecule has 3 aromatic carbocycles. The van der Waals surface area contributed by atoms with Crippen LogP contribution in [0.25, 0.3) is 10.9 Å². The number of nitrogens with zero attached hydrogens (tertiary/aromatic N) is 2. The predicted octanol–water partition coefficient (Wildman–Crippen LogP) is 6.45. The fraction of sp³-hybridized carbons (Fsp3) is 0.0833. The summed E-state index contributed by atoms with van der Waals surface area (Å²) in [5.41, 5.74) is 6.46. The second-order valence-electron chi connectivity index (χ2n) is 7.06. The van der Waals surface area contributed by atoms with Gasteiger partial charge in [0.05, 0.1) is 12.6 Å². The molecule has 0 aliphatic heterocycles. The molecule has 0 bridgehead atoms. The first-order valence-electron chi connectivity index (χ1n) is 9.58. The molecule has 4 nitrogen and oxygen atoms in total. The Morgan fingerprint density at radius 3 is 2.61 bits per heavy atom. The normalized spacial score (nSPS) is 11.3. The Hall–Kier alpha value is -2.60. The van der Waals surface area contributed by atoms with Crippen molar-refractivity contribution in [3.8, 4) is 0 Å². The molecule has 31 heavy (non-hydrogen) atoms. The highest BCUT2D eigenvalue weighted by Crippen LogP contribution is 2.25. The number of hydrogen-bond donors (Lipinski definition) is 1. The van der Waals surface area contributed by atoms with Crippen LogP contribution in [0.15, 0.2) is 82.5 Å². The molecular formula is C24H18BrCl2N3O. The zero-order valence-corrected chi connectivity index (χ0v) is 19.5. The quantitative estimate of drug-likeness (QED) is 0.233. The van der Waals surface area contributed by atoms with E-state index in [1.165, 1.54) is 0 Å². The van der Waals surface area contributed by atoms with Gasteiger partial charge in [-0.3, -0.25) is 4.79 Å². The first-order chi connectivity index (χ1) is 15.0. The minimum Gasteiger partial charge on any atom is -0.342 e. The monoisotopic (exact) mass is 513 g/mol. The van der Waals surface area contributed by atoms with Crippen LogP contribution in [-0.4, -0.2) is 16.7 Å². The van der Waals surface area contributed by atoms with Crippen LogP contribution < -0.4 is 5.43 Å². The Morgan fingerprint density at radius 2 is 1.84 bits per heavy atom. The number of amides is 1. The van der Waals surface area contributed by atoms with E-state index in [1.807, 2.05) is 66.9 Å². The third-order valence-corrected chi connectivity index (χ3v) is 5.96. The molecule has 0 fully saturated rings. The van der Waals surface area contributed by atoms with Gasteiger partial charge in [0, 0.05) is 43.7 Å². The van der Waals surface area contributed by atoms with Crippen molar-refractivity contribution in [3.63, 3.8) is 0 Å². The lowest BCUT2D eigenvalue weighted by Gasteiger charge is -2.08. The summed E-state index contributed by atoms with van der Waals surface area (Å²) in [6, 6.07) is 21.2. The molecule has 7 heteroatoms. The van der Waals surface area contributed by atoms with Crippen LogP contribution in [0.5, 0.6) is 0 Å². The van der Waals surface area contributed by atoms with Crippen molar-refractivity contribution in [2.75, 3.05) is 0 Å². The van der Waals surface area contributed by atoms with Gasteiger partial charge in [-0.1, -0.05) is 75.5 Å². The van der Waals surface area contributed by atoms with E-state index >= 15 is 0 Å². The molecule has 0 radical (unpaired) electrons. The number of hydrogen-bond acceptors (Lipinski definition) is 2. The van der Waals surface area contributed by atoms with E-state index < -0.39 is 0 Å². The van der Waals surface area contributed by atoms with Gasteiger partial charge in [-0.25, -0.2) is 5.43 Å².